The lowest BCUT2D eigenvalue weighted by molar-refractivity contribution is -0.920. The van der Waals surface area contributed by atoms with Crippen LogP contribution < -0.4 is 10.2 Å². The van der Waals surface area contributed by atoms with Crippen LogP contribution in [0.15, 0.2) is 12.1 Å². The van der Waals surface area contributed by atoms with E-state index in [4.69, 9.17) is 34.8 Å². The molecule has 0 spiro atoms. The van der Waals surface area contributed by atoms with E-state index in [9.17, 15) is 4.79 Å². The van der Waals surface area contributed by atoms with Crippen LogP contribution in [0, 0.1) is 0 Å². The summed E-state index contributed by atoms with van der Waals surface area (Å²) in [6.45, 7) is 3.69. The molecule has 0 aromatic heterocycles. The molecule has 3 nitrogen and oxygen atoms in total. The second kappa shape index (κ2) is 6.99. The molecule has 110 valence electrons. The van der Waals surface area contributed by atoms with E-state index in [0.717, 1.165) is 6.54 Å². The van der Waals surface area contributed by atoms with Gasteiger partial charge in [-0.25, -0.2) is 0 Å². The van der Waals surface area contributed by atoms with Gasteiger partial charge in [0.1, 0.15) is 0 Å². The first-order valence-corrected chi connectivity index (χ1v) is 7.89. The molecule has 1 heterocycles. The first-order valence-electron chi connectivity index (χ1n) is 6.76. The van der Waals surface area contributed by atoms with E-state index >= 15 is 0 Å². The third-order valence-electron chi connectivity index (χ3n) is 3.75. The lowest BCUT2D eigenvalue weighted by Crippen LogP contribution is -3.17. The molecule has 1 aliphatic heterocycles. The SMILES string of the molecule is C[C@@H]1CCCC[NH+]1CC(=O)Nc1cc(Cl)c(Cl)cc1Cl. The predicted molar refractivity (Wildman–Crippen MR) is 84.1 cm³/mol. The number of hydrogen-bond acceptors (Lipinski definition) is 1. The molecule has 1 aromatic carbocycles. The maximum atomic E-state index is 12.1. The van der Waals surface area contributed by atoms with E-state index in [1.165, 1.54) is 30.2 Å². The van der Waals surface area contributed by atoms with Crippen LogP contribution in [-0.2, 0) is 4.79 Å². The van der Waals surface area contributed by atoms with Gasteiger partial charge in [0.2, 0.25) is 0 Å². The summed E-state index contributed by atoms with van der Waals surface area (Å²) in [6, 6.07) is 3.65. The molecular formula is C14H18Cl3N2O+. The number of carbonyl (C=O) groups is 1. The van der Waals surface area contributed by atoms with Crippen LogP contribution in [0.25, 0.3) is 0 Å². The quantitative estimate of drug-likeness (QED) is 0.817. The third-order valence-corrected chi connectivity index (χ3v) is 4.79. The Labute approximate surface area is 134 Å². The fraction of sp³-hybridized carbons (Fsp3) is 0.500. The fourth-order valence-corrected chi connectivity index (χ4v) is 3.13. The highest BCUT2D eigenvalue weighted by atomic mass is 35.5. The number of carbonyl (C=O) groups excluding carboxylic acids is 1. The van der Waals surface area contributed by atoms with Gasteiger partial charge in [-0.15, -0.1) is 0 Å². The van der Waals surface area contributed by atoms with Gasteiger partial charge in [0.25, 0.3) is 5.91 Å². The largest absolute Gasteiger partial charge is 0.325 e. The van der Waals surface area contributed by atoms with Gasteiger partial charge in [0, 0.05) is 0 Å². The van der Waals surface area contributed by atoms with Crippen LogP contribution in [0.3, 0.4) is 0 Å². The van der Waals surface area contributed by atoms with E-state index in [-0.39, 0.29) is 5.91 Å². The van der Waals surface area contributed by atoms with Gasteiger partial charge in [-0.05, 0) is 38.3 Å². The molecule has 6 heteroatoms. The van der Waals surface area contributed by atoms with Gasteiger partial charge in [-0.1, -0.05) is 34.8 Å². The molecule has 1 fully saturated rings. The van der Waals surface area contributed by atoms with Crippen molar-refractivity contribution in [2.75, 3.05) is 18.4 Å². The Morgan fingerprint density at radius 3 is 2.65 bits per heavy atom. The zero-order chi connectivity index (χ0) is 14.7. The van der Waals surface area contributed by atoms with Gasteiger partial charge in [-0.2, -0.15) is 0 Å². The molecule has 2 atom stereocenters. The Kier molecular flexibility index (Phi) is 5.56. The van der Waals surface area contributed by atoms with Crippen LogP contribution in [0.2, 0.25) is 15.1 Å². The molecule has 0 saturated carbocycles. The summed E-state index contributed by atoms with van der Waals surface area (Å²) in [4.78, 5) is 13.4. The minimum absolute atomic E-state index is 0.0472. The highest BCUT2D eigenvalue weighted by molar-refractivity contribution is 6.44. The minimum Gasteiger partial charge on any atom is -0.325 e. The lowest BCUT2D eigenvalue weighted by Gasteiger charge is -2.29. The number of benzene rings is 1. The van der Waals surface area contributed by atoms with Crippen molar-refractivity contribution >= 4 is 46.4 Å². The van der Waals surface area contributed by atoms with Crippen molar-refractivity contribution < 1.29 is 9.69 Å². The van der Waals surface area contributed by atoms with Crippen molar-refractivity contribution in [3.8, 4) is 0 Å². The molecule has 0 bridgehead atoms. The smallest absolute Gasteiger partial charge is 0.279 e. The molecule has 0 aliphatic carbocycles. The van der Waals surface area contributed by atoms with Crippen molar-refractivity contribution in [3.05, 3.63) is 27.2 Å². The highest BCUT2D eigenvalue weighted by Gasteiger charge is 2.24. The summed E-state index contributed by atoms with van der Waals surface area (Å²) in [5, 5.41) is 3.97. The van der Waals surface area contributed by atoms with Gasteiger partial charge in [0.05, 0.1) is 33.3 Å². The van der Waals surface area contributed by atoms with E-state index in [1.807, 2.05) is 0 Å². The van der Waals surface area contributed by atoms with Crippen molar-refractivity contribution in [1.82, 2.24) is 0 Å². The van der Waals surface area contributed by atoms with Crippen molar-refractivity contribution in [3.63, 3.8) is 0 Å². The number of nitrogens with one attached hydrogen (secondary N) is 2. The lowest BCUT2D eigenvalue weighted by atomic mass is 10.0. The normalized spacial score (nSPS) is 22.6. The second-order valence-corrected chi connectivity index (χ2v) is 6.50. The number of anilines is 1. The summed E-state index contributed by atoms with van der Waals surface area (Å²) >= 11 is 17.9. The fourth-order valence-electron chi connectivity index (χ4n) is 2.53. The number of likely N-dealkylation sites (tertiary alicyclic amines) is 1. The van der Waals surface area contributed by atoms with E-state index in [1.54, 1.807) is 6.07 Å². The third kappa shape index (κ3) is 4.01. The summed E-state index contributed by atoms with van der Waals surface area (Å²) in [7, 11) is 0. The van der Waals surface area contributed by atoms with Crippen molar-refractivity contribution in [2.45, 2.75) is 32.2 Å². The zero-order valence-corrected chi connectivity index (χ0v) is 13.6. The highest BCUT2D eigenvalue weighted by Crippen LogP contribution is 2.32. The Hall–Kier alpha value is -0.480. The van der Waals surface area contributed by atoms with Crippen LogP contribution in [0.1, 0.15) is 26.2 Å². The van der Waals surface area contributed by atoms with E-state index in [2.05, 4.69) is 12.2 Å². The van der Waals surface area contributed by atoms with E-state index < -0.39 is 0 Å². The monoisotopic (exact) mass is 335 g/mol. The van der Waals surface area contributed by atoms with Gasteiger partial charge >= 0.3 is 0 Å². The van der Waals surface area contributed by atoms with Crippen LogP contribution in [0.5, 0.6) is 0 Å². The average Bonchev–Trinajstić information content (AvgIpc) is 2.39. The van der Waals surface area contributed by atoms with Crippen molar-refractivity contribution in [1.29, 1.82) is 0 Å². The Bertz CT molecular complexity index is 507. The molecule has 1 aliphatic rings. The van der Waals surface area contributed by atoms with Crippen LogP contribution in [0.4, 0.5) is 5.69 Å². The topological polar surface area (TPSA) is 33.5 Å². The summed E-state index contributed by atoms with van der Waals surface area (Å²) in [5.41, 5.74) is 0.509. The maximum Gasteiger partial charge on any atom is 0.279 e. The maximum absolute atomic E-state index is 12.1. The Balaban J connectivity index is 1.99. The second-order valence-electron chi connectivity index (χ2n) is 5.28. The predicted octanol–water partition coefficient (Wildman–Crippen LogP) is 3.04. The summed E-state index contributed by atoms with van der Waals surface area (Å²) < 4.78 is 0. The number of amides is 1. The van der Waals surface area contributed by atoms with Gasteiger partial charge < -0.3 is 10.2 Å². The number of piperidine rings is 1. The number of halogens is 3. The number of quaternary nitrogens is 1. The van der Waals surface area contributed by atoms with Crippen LogP contribution in [-0.4, -0.2) is 25.0 Å². The Morgan fingerprint density at radius 1 is 1.25 bits per heavy atom. The average molecular weight is 337 g/mol. The number of rotatable bonds is 3. The zero-order valence-electron chi connectivity index (χ0n) is 11.3. The molecule has 0 radical (unpaired) electrons. The van der Waals surface area contributed by atoms with Crippen LogP contribution >= 0.6 is 34.8 Å². The first kappa shape index (κ1) is 15.9. The summed E-state index contributed by atoms with van der Waals surface area (Å²) in [6.07, 6.45) is 3.61. The summed E-state index contributed by atoms with van der Waals surface area (Å²) in [5.74, 6) is -0.0472. The molecule has 20 heavy (non-hydrogen) atoms. The standard InChI is InChI=1S/C14H17Cl3N2O/c1-9-4-2-3-5-19(9)8-14(20)18-13-7-11(16)10(15)6-12(13)17/h6-7,9H,2-5,8H2,1H3,(H,18,20)/p+1/t9-/m1/s1. The molecule has 2 rings (SSSR count). The van der Waals surface area contributed by atoms with Gasteiger partial charge in [0.15, 0.2) is 6.54 Å². The molecule has 1 amide bonds. The molecule has 1 unspecified atom stereocenters. The molecule has 1 saturated heterocycles. The molecular weight excluding hydrogens is 319 g/mol. The first-order chi connectivity index (χ1) is 9.47. The molecule has 2 N–H and O–H groups in total. The Morgan fingerprint density at radius 2 is 1.95 bits per heavy atom. The minimum atomic E-state index is -0.0472. The molecule has 1 aromatic rings. The number of hydrogen-bond donors (Lipinski definition) is 2. The van der Waals surface area contributed by atoms with E-state index in [0.29, 0.717) is 33.3 Å². The van der Waals surface area contributed by atoms with Crippen molar-refractivity contribution in [2.24, 2.45) is 0 Å². The van der Waals surface area contributed by atoms with Gasteiger partial charge in [-0.3, -0.25) is 4.79 Å².